The molecule has 18 heavy (non-hydrogen) atoms. The van der Waals surface area contributed by atoms with Crippen molar-refractivity contribution in [3.8, 4) is 5.75 Å². The minimum absolute atomic E-state index is 0.476. The third kappa shape index (κ3) is 4.26. The quantitative estimate of drug-likeness (QED) is 0.793. The molecular weight excluding hydrogens is 294 g/mol. The normalized spacial score (nSPS) is 17.9. The van der Waals surface area contributed by atoms with Crippen molar-refractivity contribution >= 4 is 15.9 Å². The Bertz CT molecular complexity index is 378. The maximum atomic E-state index is 10.1. The Hall–Kier alpha value is -0.580. The number of ether oxygens (including phenoxy) is 1. The summed E-state index contributed by atoms with van der Waals surface area (Å²) in [6.45, 7) is 2.05. The summed E-state index contributed by atoms with van der Waals surface area (Å²) in [5.41, 5.74) is -0.476. The van der Waals surface area contributed by atoms with Crippen LogP contribution in [0.3, 0.4) is 0 Å². The van der Waals surface area contributed by atoms with E-state index in [2.05, 4.69) is 21.2 Å². The maximum absolute atomic E-state index is 10.1. The number of halogens is 1. The Morgan fingerprint density at radius 1 is 1.33 bits per heavy atom. The molecule has 0 aliphatic heterocycles. The summed E-state index contributed by atoms with van der Waals surface area (Å²) in [7, 11) is 0. The molecule has 0 saturated heterocycles. The number of benzene rings is 1. The third-order valence-corrected chi connectivity index (χ3v) is 3.83. The molecule has 4 heteroatoms. The van der Waals surface area contributed by atoms with Crippen molar-refractivity contribution in [2.45, 2.75) is 31.3 Å². The second kappa shape index (κ2) is 6.55. The lowest BCUT2D eigenvalue weighted by Gasteiger charge is -2.22. The van der Waals surface area contributed by atoms with Gasteiger partial charge in [-0.05, 0) is 31.0 Å². The first-order chi connectivity index (χ1) is 8.68. The minimum Gasteiger partial charge on any atom is -0.492 e. The third-order valence-electron chi connectivity index (χ3n) is 3.33. The standard InChI is InChI=1S/C14H20BrNO2/c15-12-4-3-5-13(10-12)18-9-8-16-11-14(17)6-1-2-7-14/h3-5,10,16-17H,1-2,6-9,11H2. The molecule has 1 aliphatic carbocycles. The first-order valence-corrected chi connectivity index (χ1v) is 7.29. The van der Waals surface area contributed by atoms with Gasteiger partial charge in [-0.1, -0.05) is 34.8 Å². The van der Waals surface area contributed by atoms with Crippen molar-refractivity contribution in [2.75, 3.05) is 19.7 Å². The van der Waals surface area contributed by atoms with E-state index in [-0.39, 0.29) is 0 Å². The molecule has 1 aliphatic rings. The van der Waals surface area contributed by atoms with Crippen molar-refractivity contribution in [2.24, 2.45) is 0 Å². The lowest BCUT2D eigenvalue weighted by atomic mass is 10.0. The van der Waals surface area contributed by atoms with Crippen LogP contribution in [0.1, 0.15) is 25.7 Å². The van der Waals surface area contributed by atoms with Crippen LogP contribution >= 0.6 is 15.9 Å². The Kier molecular flexibility index (Phi) is 5.03. The Morgan fingerprint density at radius 3 is 2.83 bits per heavy atom. The van der Waals surface area contributed by atoms with E-state index in [1.54, 1.807) is 0 Å². The van der Waals surface area contributed by atoms with Crippen LogP contribution < -0.4 is 10.1 Å². The zero-order chi connectivity index (χ0) is 12.8. The van der Waals surface area contributed by atoms with Gasteiger partial charge in [-0.25, -0.2) is 0 Å². The fraction of sp³-hybridized carbons (Fsp3) is 0.571. The molecule has 0 bridgehead atoms. The molecule has 3 nitrogen and oxygen atoms in total. The van der Waals surface area contributed by atoms with Crippen LogP contribution in [-0.4, -0.2) is 30.4 Å². The van der Waals surface area contributed by atoms with E-state index < -0.39 is 5.60 Å². The van der Waals surface area contributed by atoms with Gasteiger partial charge in [0.1, 0.15) is 12.4 Å². The SMILES string of the molecule is OC1(CNCCOc2cccc(Br)c2)CCCC1. The first kappa shape index (κ1) is 13.8. The Balaban J connectivity index is 1.61. The average Bonchev–Trinajstić information content (AvgIpc) is 2.76. The van der Waals surface area contributed by atoms with Crippen LogP contribution in [0.15, 0.2) is 28.7 Å². The molecule has 100 valence electrons. The number of nitrogens with one attached hydrogen (secondary N) is 1. The highest BCUT2D eigenvalue weighted by Gasteiger charge is 2.30. The number of hydrogen-bond acceptors (Lipinski definition) is 3. The van der Waals surface area contributed by atoms with Crippen molar-refractivity contribution in [1.29, 1.82) is 0 Å². The summed E-state index contributed by atoms with van der Waals surface area (Å²) in [5.74, 6) is 0.866. The van der Waals surface area contributed by atoms with E-state index in [1.165, 1.54) is 0 Å². The second-order valence-electron chi connectivity index (χ2n) is 4.91. The summed E-state index contributed by atoms with van der Waals surface area (Å²) in [6, 6.07) is 7.81. The molecule has 1 fully saturated rings. The second-order valence-corrected chi connectivity index (χ2v) is 5.83. The van der Waals surface area contributed by atoms with E-state index in [0.29, 0.717) is 13.2 Å². The van der Waals surface area contributed by atoms with Crippen LogP contribution in [0.5, 0.6) is 5.75 Å². The lowest BCUT2D eigenvalue weighted by Crippen LogP contribution is -2.39. The van der Waals surface area contributed by atoms with Crippen molar-refractivity contribution in [1.82, 2.24) is 5.32 Å². The Labute approximate surface area is 117 Å². The number of rotatable bonds is 6. The van der Waals surface area contributed by atoms with E-state index in [9.17, 15) is 5.11 Å². The monoisotopic (exact) mass is 313 g/mol. The van der Waals surface area contributed by atoms with Crippen LogP contribution in [0.2, 0.25) is 0 Å². The van der Waals surface area contributed by atoms with E-state index in [0.717, 1.165) is 42.5 Å². The first-order valence-electron chi connectivity index (χ1n) is 6.49. The molecule has 0 amide bonds. The predicted octanol–water partition coefficient (Wildman–Crippen LogP) is 2.72. The van der Waals surface area contributed by atoms with Crippen molar-refractivity contribution < 1.29 is 9.84 Å². The van der Waals surface area contributed by atoms with Crippen LogP contribution in [0.4, 0.5) is 0 Å². The van der Waals surface area contributed by atoms with E-state index >= 15 is 0 Å². The average molecular weight is 314 g/mol. The van der Waals surface area contributed by atoms with Crippen molar-refractivity contribution in [3.63, 3.8) is 0 Å². The van der Waals surface area contributed by atoms with Gasteiger partial charge in [0.25, 0.3) is 0 Å². The van der Waals surface area contributed by atoms with Crippen LogP contribution in [-0.2, 0) is 0 Å². The summed E-state index contributed by atoms with van der Waals surface area (Å²) >= 11 is 3.41. The fourth-order valence-corrected chi connectivity index (χ4v) is 2.71. The highest BCUT2D eigenvalue weighted by Crippen LogP contribution is 2.28. The number of hydrogen-bond donors (Lipinski definition) is 2. The van der Waals surface area contributed by atoms with Gasteiger partial charge in [-0.3, -0.25) is 0 Å². The van der Waals surface area contributed by atoms with Crippen molar-refractivity contribution in [3.05, 3.63) is 28.7 Å². The Morgan fingerprint density at radius 2 is 2.11 bits per heavy atom. The summed E-state index contributed by atoms with van der Waals surface area (Å²) < 4.78 is 6.63. The zero-order valence-corrected chi connectivity index (χ0v) is 12.1. The molecule has 0 aromatic heterocycles. The molecule has 1 aromatic rings. The van der Waals surface area contributed by atoms with Gasteiger partial charge < -0.3 is 15.2 Å². The van der Waals surface area contributed by atoms with Gasteiger partial charge in [0.2, 0.25) is 0 Å². The van der Waals surface area contributed by atoms with Crippen LogP contribution in [0, 0.1) is 0 Å². The van der Waals surface area contributed by atoms with Crippen LogP contribution in [0.25, 0.3) is 0 Å². The van der Waals surface area contributed by atoms with Gasteiger partial charge in [-0.15, -0.1) is 0 Å². The van der Waals surface area contributed by atoms with E-state index in [4.69, 9.17) is 4.74 Å². The maximum Gasteiger partial charge on any atom is 0.120 e. The van der Waals surface area contributed by atoms with Gasteiger partial charge in [0, 0.05) is 17.6 Å². The van der Waals surface area contributed by atoms with Gasteiger partial charge in [-0.2, -0.15) is 0 Å². The smallest absolute Gasteiger partial charge is 0.120 e. The molecule has 0 spiro atoms. The van der Waals surface area contributed by atoms with Gasteiger partial charge in [0.05, 0.1) is 5.60 Å². The molecule has 1 saturated carbocycles. The molecular formula is C14H20BrNO2. The summed E-state index contributed by atoms with van der Waals surface area (Å²) in [4.78, 5) is 0. The fourth-order valence-electron chi connectivity index (χ4n) is 2.33. The van der Waals surface area contributed by atoms with E-state index in [1.807, 2.05) is 24.3 Å². The molecule has 0 radical (unpaired) electrons. The molecule has 2 N–H and O–H groups in total. The zero-order valence-electron chi connectivity index (χ0n) is 10.5. The summed E-state index contributed by atoms with van der Waals surface area (Å²) in [5, 5.41) is 13.4. The summed E-state index contributed by atoms with van der Waals surface area (Å²) in [6.07, 6.45) is 4.14. The largest absolute Gasteiger partial charge is 0.492 e. The molecule has 2 rings (SSSR count). The topological polar surface area (TPSA) is 41.5 Å². The lowest BCUT2D eigenvalue weighted by molar-refractivity contribution is 0.0471. The van der Waals surface area contributed by atoms with Gasteiger partial charge >= 0.3 is 0 Å². The molecule has 0 heterocycles. The molecule has 1 aromatic carbocycles. The molecule has 0 unspecified atom stereocenters. The highest BCUT2D eigenvalue weighted by atomic mass is 79.9. The van der Waals surface area contributed by atoms with Gasteiger partial charge in [0.15, 0.2) is 0 Å². The predicted molar refractivity (Wildman–Crippen MR) is 75.9 cm³/mol. The minimum atomic E-state index is -0.476. The molecule has 0 atom stereocenters. The highest BCUT2D eigenvalue weighted by molar-refractivity contribution is 9.10. The number of aliphatic hydroxyl groups is 1.